The first-order chi connectivity index (χ1) is 9.27. The number of nitrogens with zero attached hydrogens (tertiary/aromatic N) is 2. The third kappa shape index (κ3) is 9.96. The molecule has 0 aromatic rings. The Hall–Kier alpha value is -0.550. The van der Waals surface area contributed by atoms with Gasteiger partial charge in [0.1, 0.15) is 0 Å². The van der Waals surface area contributed by atoms with Crippen LogP contribution in [0.2, 0.25) is 0 Å². The molecule has 2 nitrogen and oxygen atoms in total. The second-order valence-electron chi connectivity index (χ2n) is 6.33. The van der Waals surface area contributed by atoms with Gasteiger partial charge in [0, 0.05) is 12.8 Å². The van der Waals surface area contributed by atoms with Crippen LogP contribution in [0.1, 0.15) is 77.6 Å². The van der Waals surface area contributed by atoms with Gasteiger partial charge in [-0.05, 0) is 12.8 Å². The molecule has 0 unspecified atom stereocenters. The largest absolute Gasteiger partial charge is 0.512 e. The maximum Gasteiger partial charge on any atom is 0.0786 e. The minimum atomic E-state index is 1.37. The lowest BCUT2D eigenvalue weighted by molar-refractivity contribution is -0.897. The molecule has 0 aliphatic carbocycles. The van der Waals surface area contributed by atoms with E-state index in [-0.39, 0.29) is 0 Å². The van der Waals surface area contributed by atoms with Crippen LogP contribution < -0.4 is 0 Å². The van der Waals surface area contributed by atoms with Crippen molar-refractivity contribution in [2.24, 2.45) is 0 Å². The SMILES string of the molecule is CCCCCCCCCCC[N+]1(C)CCCC1.[C-]#N. The zero-order valence-corrected chi connectivity index (χ0v) is 13.3. The fraction of sp³-hybridized carbons (Fsp3) is 0.941. The van der Waals surface area contributed by atoms with Crippen molar-refractivity contribution in [3.8, 4) is 0 Å². The Morgan fingerprint density at radius 2 is 1.21 bits per heavy atom. The van der Waals surface area contributed by atoms with Crippen molar-refractivity contribution in [3.05, 3.63) is 6.57 Å². The van der Waals surface area contributed by atoms with Gasteiger partial charge in [-0.1, -0.05) is 51.9 Å². The second kappa shape index (κ2) is 12.5. The lowest BCUT2D eigenvalue weighted by atomic mass is 10.1. The molecule has 1 saturated heterocycles. The highest BCUT2D eigenvalue weighted by Crippen LogP contribution is 2.18. The van der Waals surface area contributed by atoms with E-state index in [1.165, 1.54) is 94.7 Å². The Balaban J connectivity index is 0.00000154. The summed E-state index contributed by atoms with van der Waals surface area (Å²) in [4.78, 5) is 0. The van der Waals surface area contributed by atoms with E-state index in [2.05, 4.69) is 14.0 Å². The average molecular weight is 266 g/mol. The summed E-state index contributed by atoms with van der Waals surface area (Å²) in [7, 11) is 2.46. The fourth-order valence-corrected chi connectivity index (χ4v) is 3.13. The smallest absolute Gasteiger partial charge is 0.0786 e. The molecule has 112 valence electrons. The molecule has 0 atom stereocenters. The van der Waals surface area contributed by atoms with Crippen molar-refractivity contribution in [3.63, 3.8) is 0 Å². The lowest BCUT2D eigenvalue weighted by Crippen LogP contribution is -2.41. The van der Waals surface area contributed by atoms with Crippen molar-refractivity contribution < 1.29 is 4.48 Å². The van der Waals surface area contributed by atoms with E-state index in [1.54, 1.807) is 0 Å². The molecule has 0 radical (unpaired) electrons. The first-order valence-corrected chi connectivity index (χ1v) is 8.33. The van der Waals surface area contributed by atoms with Crippen LogP contribution in [-0.2, 0) is 0 Å². The van der Waals surface area contributed by atoms with Gasteiger partial charge in [-0.25, -0.2) is 0 Å². The normalized spacial score (nSPS) is 16.8. The summed E-state index contributed by atoms with van der Waals surface area (Å²) in [6, 6.07) is 0. The van der Waals surface area contributed by atoms with Crippen LogP contribution >= 0.6 is 0 Å². The third-order valence-corrected chi connectivity index (χ3v) is 4.45. The van der Waals surface area contributed by atoms with Gasteiger partial charge in [0.25, 0.3) is 0 Å². The summed E-state index contributed by atoms with van der Waals surface area (Å²) < 4.78 is 1.37. The van der Waals surface area contributed by atoms with E-state index in [4.69, 9.17) is 11.8 Å². The molecule has 0 aromatic heterocycles. The minimum absolute atomic E-state index is 1.37. The summed E-state index contributed by atoms with van der Waals surface area (Å²) in [5, 5.41) is 6.25. The number of likely N-dealkylation sites (tertiary alicyclic amines) is 1. The number of rotatable bonds is 10. The predicted molar refractivity (Wildman–Crippen MR) is 82.2 cm³/mol. The molecule has 0 amide bonds. The monoisotopic (exact) mass is 266 g/mol. The van der Waals surface area contributed by atoms with Crippen molar-refractivity contribution in [1.82, 2.24) is 0 Å². The zero-order valence-electron chi connectivity index (χ0n) is 13.3. The van der Waals surface area contributed by atoms with E-state index in [0.29, 0.717) is 0 Å². The molecular weight excluding hydrogens is 232 g/mol. The van der Waals surface area contributed by atoms with Crippen molar-refractivity contribution in [2.75, 3.05) is 26.7 Å². The molecule has 1 rings (SSSR count). The summed E-state index contributed by atoms with van der Waals surface area (Å²) >= 11 is 0. The molecule has 0 saturated carbocycles. The van der Waals surface area contributed by atoms with E-state index < -0.39 is 0 Å². The molecule has 0 spiro atoms. The van der Waals surface area contributed by atoms with Gasteiger partial charge in [-0.3, -0.25) is 0 Å². The van der Waals surface area contributed by atoms with Crippen LogP contribution in [0.5, 0.6) is 0 Å². The van der Waals surface area contributed by atoms with Crippen LogP contribution in [0.4, 0.5) is 0 Å². The zero-order chi connectivity index (χ0) is 14.4. The second-order valence-corrected chi connectivity index (χ2v) is 6.33. The molecule has 1 fully saturated rings. The Morgan fingerprint density at radius 3 is 1.68 bits per heavy atom. The van der Waals surface area contributed by atoms with Crippen LogP contribution in [-0.4, -0.2) is 31.2 Å². The maximum absolute atomic E-state index is 6.25. The highest BCUT2D eigenvalue weighted by atomic mass is 15.3. The number of hydrogen-bond donors (Lipinski definition) is 0. The van der Waals surface area contributed by atoms with Crippen molar-refractivity contribution in [2.45, 2.75) is 77.6 Å². The molecule has 0 N–H and O–H groups in total. The highest BCUT2D eigenvalue weighted by Gasteiger charge is 2.25. The fourth-order valence-electron chi connectivity index (χ4n) is 3.13. The maximum atomic E-state index is 6.25. The Bertz CT molecular complexity index is 205. The quantitative estimate of drug-likeness (QED) is 0.315. The van der Waals surface area contributed by atoms with Gasteiger partial charge >= 0.3 is 0 Å². The summed E-state index contributed by atoms with van der Waals surface area (Å²) in [5.74, 6) is 0. The van der Waals surface area contributed by atoms with Crippen LogP contribution in [0, 0.1) is 11.8 Å². The highest BCUT2D eigenvalue weighted by molar-refractivity contribution is 4.53. The van der Waals surface area contributed by atoms with Crippen molar-refractivity contribution in [1.29, 1.82) is 5.26 Å². The number of hydrogen-bond acceptors (Lipinski definition) is 1. The van der Waals surface area contributed by atoms with Crippen LogP contribution in [0.3, 0.4) is 0 Å². The summed E-state index contributed by atoms with van der Waals surface area (Å²) in [6.45, 7) is 11.4. The van der Waals surface area contributed by atoms with E-state index in [0.717, 1.165) is 0 Å². The molecule has 2 heteroatoms. The van der Waals surface area contributed by atoms with Gasteiger partial charge in [-0.2, -0.15) is 0 Å². The van der Waals surface area contributed by atoms with Gasteiger partial charge in [0.2, 0.25) is 0 Å². The molecule has 1 heterocycles. The third-order valence-electron chi connectivity index (χ3n) is 4.45. The molecule has 1 aliphatic heterocycles. The van der Waals surface area contributed by atoms with Gasteiger partial charge in [-0.15, -0.1) is 0 Å². The first-order valence-electron chi connectivity index (χ1n) is 8.33. The first kappa shape index (κ1) is 18.4. The minimum Gasteiger partial charge on any atom is -0.512 e. The van der Waals surface area contributed by atoms with Gasteiger partial charge in [0.15, 0.2) is 0 Å². The molecule has 0 bridgehead atoms. The van der Waals surface area contributed by atoms with Crippen LogP contribution in [0.25, 0.3) is 0 Å². The van der Waals surface area contributed by atoms with E-state index >= 15 is 0 Å². The average Bonchev–Trinajstić information content (AvgIpc) is 2.86. The van der Waals surface area contributed by atoms with E-state index in [9.17, 15) is 0 Å². The Kier molecular flexibility index (Phi) is 12.1. The lowest BCUT2D eigenvalue weighted by Gasteiger charge is -2.29. The summed E-state index contributed by atoms with van der Waals surface area (Å²) in [5.41, 5.74) is 0. The molecule has 1 aliphatic rings. The van der Waals surface area contributed by atoms with Gasteiger partial charge in [0.05, 0.1) is 26.7 Å². The molecule has 0 aromatic carbocycles. The Labute approximate surface area is 121 Å². The number of unbranched alkanes of at least 4 members (excludes halogenated alkanes) is 8. The van der Waals surface area contributed by atoms with Crippen LogP contribution in [0.15, 0.2) is 0 Å². The molecular formula is C17H34N2. The number of quaternary nitrogens is 1. The van der Waals surface area contributed by atoms with Crippen molar-refractivity contribution >= 4 is 0 Å². The Morgan fingerprint density at radius 1 is 0.789 bits per heavy atom. The standard InChI is InChI=1S/C16H34N.CN/c1-3-4-5-6-7-8-9-10-11-14-17(2)15-12-13-16-17;1-2/h3-16H2,1-2H3;/q+1;-1. The summed E-state index contributed by atoms with van der Waals surface area (Å²) in [6.07, 6.45) is 16.1. The topological polar surface area (TPSA) is 23.8 Å². The molecule has 19 heavy (non-hydrogen) atoms. The van der Waals surface area contributed by atoms with Gasteiger partial charge < -0.3 is 16.3 Å². The predicted octanol–water partition coefficient (Wildman–Crippen LogP) is 4.85. The van der Waals surface area contributed by atoms with E-state index in [1.807, 2.05) is 0 Å².